The van der Waals surface area contributed by atoms with Gasteiger partial charge in [0, 0.05) is 43.6 Å². The highest BCUT2D eigenvalue weighted by atomic mass is 16.2. The molecular weight excluding hydrogens is 292 g/mol. The minimum atomic E-state index is 0.0198. The quantitative estimate of drug-likeness (QED) is 0.813. The standard InChI is InChI=1S/C17H26N4O2/c1-4-19(5-2)13-16(22)20-8-10-21(11-9-20)17(23)15-6-7-18-14(3)12-15/h6-7,12H,4-5,8-11,13H2,1-3H3. The van der Waals surface area contributed by atoms with E-state index >= 15 is 0 Å². The second-order valence-electron chi connectivity index (χ2n) is 5.82. The summed E-state index contributed by atoms with van der Waals surface area (Å²) in [6.07, 6.45) is 1.66. The van der Waals surface area contributed by atoms with Crippen LogP contribution < -0.4 is 0 Å². The summed E-state index contributed by atoms with van der Waals surface area (Å²) in [4.78, 5) is 34.7. The molecule has 126 valence electrons. The largest absolute Gasteiger partial charge is 0.338 e. The molecule has 1 fully saturated rings. The lowest BCUT2D eigenvalue weighted by Gasteiger charge is -2.35. The van der Waals surface area contributed by atoms with Crippen LogP contribution in [0.5, 0.6) is 0 Å². The van der Waals surface area contributed by atoms with E-state index in [4.69, 9.17) is 0 Å². The van der Waals surface area contributed by atoms with Gasteiger partial charge in [-0.05, 0) is 32.1 Å². The van der Waals surface area contributed by atoms with Crippen LogP contribution in [0.2, 0.25) is 0 Å². The molecule has 1 saturated heterocycles. The average molecular weight is 318 g/mol. The van der Waals surface area contributed by atoms with Gasteiger partial charge in [-0.1, -0.05) is 13.8 Å². The Morgan fingerprint density at radius 1 is 1.13 bits per heavy atom. The molecular formula is C17H26N4O2. The molecule has 1 aromatic heterocycles. The first-order chi connectivity index (χ1) is 11.0. The van der Waals surface area contributed by atoms with Crippen molar-refractivity contribution in [3.8, 4) is 0 Å². The van der Waals surface area contributed by atoms with E-state index in [1.54, 1.807) is 18.3 Å². The van der Waals surface area contributed by atoms with Crippen LogP contribution >= 0.6 is 0 Å². The van der Waals surface area contributed by atoms with Crippen LogP contribution in [0.3, 0.4) is 0 Å². The Bertz CT molecular complexity index is 549. The van der Waals surface area contributed by atoms with Crippen molar-refractivity contribution in [1.29, 1.82) is 0 Å². The van der Waals surface area contributed by atoms with E-state index in [9.17, 15) is 9.59 Å². The third-order valence-corrected chi connectivity index (χ3v) is 4.32. The van der Waals surface area contributed by atoms with Crippen molar-refractivity contribution < 1.29 is 9.59 Å². The predicted octanol–water partition coefficient (Wildman–Crippen LogP) is 1.02. The van der Waals surface area contributed by atoms with Crippen LogP contribution in [0.15, 0.2) is 18.3 Å². The molecule has 2 amide bonds. The van der Waals surface area contributed by atoms with Gasteiger partial charge in [-0.3, -0.25) is 19.5 Å². The second-order valence-corrected chi connectivity index (χ2v) is 5.82. The average Bonchev–Trinajstić information content (AvgIpc) is 2.59. The molecule has 6 nitrogen and oxygen atoms in total. The number of hydrogen-bond acceptors (Lipinski definition) is 4. The third kappa shape index (κ3) is 4.51. The summed E-state index contributed by atoms with van der Waals surface area (Å²) in [7, 11) is 0. The summed E-state index contributed by atoms with van der Waals surface area (Å²) in [6.45, 7) is 10.6. The molecule has 0 aliphatic carbocycles. The molecule has 0 saturated carbocycles. The maximum atomic E-state index is 12.5. The molecule has 1 aliphatic rings. The first kappa shape index (κ1) is 17.4. The highest BCUT2D eigenvalue weighted by Gasteiger charge is 2.25. The highest BCUT2D eigenvalue weighted by Crippen LogP contribution is 2.10. The Labute approximate surface area is 138 Å². The zero-order valence-electron chi connectivity index (χ0n) is 14.3. The Morgan fingerprint density at radius 2 is 1.74 bits per heavy atom. The fraction of sp³-hybridized carbons (Fsp3) is 0.588. The van der Waals surface area contributed by atoms with Crippen molar-refractivity contribution in [2.24, 2.45) is 0 Å². The van der Waals surface area contributed by atoms with Gasteiger partial charge in [-0.2, -0.15) is 0 Å². The zero-order chi connectivity index (χ0) is 16.8. The molecule has 0 aromatic carbocycles. The normalized spacial score (nSPS) is 15.1. The topological polar surface area (TPSA) is 56.8 Å². The summed E-state index contributed by atoms with van der Waals surface area (Å²) in [5, 5.41) is 0. The number of carbonyl (C=O) groups excluding carboxylic acids is 2. The Hall–Kier alpha value is -1.95. The molecule has 2 heterocycles. The lowest BCUT2D eigenvalue weighted by molar-refractivity contribution is -0.133. The molecule has 0 atom stereocenters. The molecule has 0 radical (unpaired) electrons. The number of amides is 2. The van der Waals surface area contributed by atoms with E-state index in [-0.39, 0.29) is 11.8 Å². The number of likely N-dealkylation sites (N-methyl/N-ethyl adjacent to an activating group) is 1. The van der Waals surface area contributed by atoms with Crippen molar-refractivity contribution in [3.05, 3.63) is 29.6 Å². The van der Waals surface area contributed by atoms with E-state index in [0.717, 1.165) is 18.8 Å². The van der Waals surface area contributed by atoms with Gasteiger partial charge in [0.25, 0.3) is 5.91 Å². The number of aryl methyl sites for hydroxylation is 1. The van der Waals surface area contributed by atoms with E-state index in [2.05, 4.69) is 23.7 Å². The first-order valence-corrected chi connectivity index (χ1v) is 8.27. The number of aromatic nitrogens is 1. The lowest BCUT2D eigenvalue weighted by Crippen LogP contribution is -2.52. The van der Waals surface area contributed by atoms with Gasteiger partial charge in [0.05, 0.1) is 6.54 Å². The van der Waals surface area contributed by atoms with E-state index < -0.39 is 0 Å². The van der Waals surface area contributed by atoms with Gasteiger partial charge in [0.1, 0.15) is 0 Å². The van der Waals surface area contributed by atoms with Crippen LogP contribution in [-0.4, -0.2) is 77.3 Å². The Morgan fingerprint density at radius 3 is 2.30 bits per heavy atom. The van der Waals surface area contributed by atoms with E-state index in [1.807, 2.05) is 16.7 Å². The highest BCUT2D eigenvalue weighted by molar-refractivity contribution is 5.94. The number of hydrogen-bond donors (Lipinski definition) is 0. The molecule has 0 unspecified atom stereocenters. The first-order valence-electron chi connectivity index (χ1n) is 8.27. The van der Waals surface area contributed by atoms with E-state index in [0.29, 0.717) is 38.3 Å². The monoisotopic (exact) mass is 318 g/mol. The van der Waals surface area contributed by atoms with Crippen molar-refractivity contribution >= 4 is 11.8 Å². The van der Waals surface area contributed by atoms with Crippen LogP contribution in [0.1, 0.15) is 29.9 Å². The number of piperazine rings is 1. The fourth-order valence-electron chi connectivity index (χ4n) is 2.76. The minimum absolute atomic E-state index is 0.0198. The van der Waals surface area contributed by atoms with Gasteiger partial charge >= 0.3 is 0 Å². The molecule has 0 bridgehead atoms. The van der Waals surface area contributed by atoms with Crippen LogP contribution in [0, 0.1) is 6.92 Å². The third-order valence-electron chi connectivity index (χ3n) is 4.32. The number of nitrogens with zero attached hydrogens (tertiary/aromatic N) is 4. The molecule has 6 heteroatoms. The maximum absolute atomic E-state index is 12.5. The van der Waals surface area contributed by atoms with Crippen LogP contribution in [0.4, 0.5) is 0 Å². The fourth-order valence-corrected chi connectivity index (χ4v) is 2.76. The molecule has 0 spiro atoms. The summed E-state index contributed by atoms with van der Waals surface area (Å²) in [5.74, 6) is 0.173. The van der Waals surface area contributed by atoms with Crippen LogP contribution in [-0.2, 0) is 4.79 Å². The van der Waals surface area contributed by atoms with Crippen molar-refractivity contribution in [3.63, 3.8) is 0 Å². The Balaban J connectivity index is 1.88. The Kier molecular flexibility index (Phi) is 6.10. The number of rotatable bonds is 5. The van der Waals surface area contributed by atoms with Gasteiger partial charge < -0.3 is 9.80 Å². The molecule has 1 aliphatic heterocycles. The smallest absolute Gasteiger partial charge is 0.254 e. The minimum Gasteiger partial charge on any atom is -0.338 e. The summed E-state index contributed by atoms with van der Waals surface area (Å²) >= 11 is 0. The summed E-state index contributed by atoms with van der Waals surface area (Å²) < 4.78 is 0. The van der Waals surface area contributed by atoms with Gasteiger partial charge in [0.2, 0.25) is 5.91 Å². The SMILES string of the molecule is CCN(CC)CC(=O)N1CCN(C(=O)c2ccnc(C)c2)CC1. The molecule has 0 N–H and O–H groups in total. The predicted molar refractivity (Wildman–Crippen MR) is 89.2 cm³/mol. The number of carbonyl (C=O) groups is 2. The molecule has 2 rings (SSSR count). The summed E-state index contributed by atoms with van der Waals surface area (Å²) in [6, 6.07) is 3.55. The van der Waals surface area contributed by atoms with E-state index in [1.165, 1.54) is 0 Å². The molecule has 1 aromatic rings. The summed E-state index contributed by atoms with van der Waals surface area (Å²) in [5.41, 5.74) is 1.50. The van der Waals surface area contributed by atoms with Crippen LogP contribution in [0.25, 0.3) is 0 Å². The number of pyridine rings is 1. The molecule has 23 heavy (non-hydrogen) atoms. The second kappa shape index (κ2) is 8.06. The van der Waals surface area contributed by atoms with Crippen molar-refractivity contribution in [1.82, 2.24) is 19.7 Å². The van der Waals surface area contributed by atoms with Gasteiger partial charge in [-0.15, -0.1) is 0 Å². The van der Waals surface area contributed by atoms with Gasteiger partial charge in [-0.25, -0.2) is 0 Å². The van der Waals surface area contributed by atoms with Crippen molar-refractivity contribution in [2.45, 2.75) is 20.8 Å². The maximum Gasteiger partial charge on any atom is 0.254 e. The van der Waals surface area contributed by atoms with Crippen molar-refractivity contribution in [2.75, 3.05) is 45.8 Å². The zero-order valence-corrected chi connectivity index (χ0v) is 14.3. The van der Waals surface area contributed by atoms with Gasteiger partial charge in [0.15, 0.2) is 0 Å². The lowest BCUT2D eigenvalue weighted by atomic mass is 10.2.